The zero-order chi connectivity index (χ0) is 26.4. The minimum Gasteiger partial charge on any atom is -0.406 e. The summed E-state index contributed by atoms with van der Waals surface area (Å²) < 4.78 is 41.3. The number of H-pyrrole nitrogens is 1. The first-order valence-corrected chi connectivity index (χ1v) is 12.5. The Balaban J connectivity index is 0.00000336. The number of nitrogens with two attached hydrogens (primary N) is 1. The van der Waals surface area contributed by atoms with Gasteiger partial charge in [-0.1, -0.05) is 0 Å². The number of ether oxygens (including phenoxy) is 1. The summed E-state index contributed by atoms with van der Waals surface area (Å²) in [5.41, 5.74) is 8.06. The Labute approximate surface area is 224 Å². The van der Waals surface area contributed by atoms with Gasteiger partial charge < -0.3 is 25.5 Å². The molecule has 4 N–H and O–H groups in total. The molecule has 12 heteroatoms. The summed E-state index contributed by atoms with van der Waals surface area (Å²) >= 11 is 0. The quantitative estimate of drug-likeness (QED) is 0.378. The number of hydrogen-bond acceptors (Lipinski definition) is 6. The Hall–Kier alpha value is -3.05. The highest BCUT2D eigenvalue weighted by molar-refractivity contribution is 5.99. The molecule has 1 aliphatic heterocycles. The molecular weight excluding hydrogens is 523 g/mol. The van der Waals surface area contributed by atoms with Gasteiger partial charge in [0.25, 0.3) is 5.91 Å². The number of anilines is 1. The first-order chi connectivity index (χ1) is 17.5. The minimum absolute atomic E-state index is 0. The second kappa shape index (κ2) is 10.6. The topological polar surface area (TPSA) is 117 Å². The molecule has 3 heterocycles. The standard InChI is InChI=1S/C26H30F3N5O3.ClH/c1-25(36)9-4-16(5-10-25)22-32-21-18(6-11-31-23(21)33-22)15-7-12-34(13-8-15)24(35)19-3-2-17(14-20(19)30)37-26(27,28)29;/h2-3,6,11,14-16,36H,4-5,7-10,12-13,30H2,1H3,(H,31,32,33);1H. The molecule has 206 valence electrons. The Bertz CT molecular complexity index is 1300. The third-order valence-electron chi connectivity index (χ3n) is 7.59. The van der Waals surface area contributed by atoms with Gasteiger partial charge >= 0.3 is 6.36 Å². The average molecular weight is 554 g/mol. The lowest BCUT2D eigenvalue weighted by atomic mass is 9.80. The Morgan fingerprint density at radius 2 is 1.84 bits per heavy atom. The lowest BCUT2D eigenvalue weighted by Gasteiger charge is -2.32. The number of likely N-dealkylation sites (tertiary alicyclic amines) is 1. The van der Waals surface area contributed by atoms with Gasteiger partial charge in [0.15, 0.2) is 5.65 Å². The Morgan fingerprint density at radius 3 is 2.47 bits per heavy atom. The van der Waals surface area contributed by atoms with Crippen molar-refractivity contribution in [1.82, 2.24) is 19.9 Å². The highest BCUT2D eigenvalue weighted by Gasteiger charge is 2.33. The van der Waals surface area contributed by atoms with Crippen molar-refractivity contribution in [3.63, 3.8) is 0 Å². The molecule has 1 saturated carbocycles. The summed E-state index contributed by atoms with van der Waals surface area (Å²) in [5, 5.41) is 10.3. The number of nitrogens with one attached hydrogen (secondary N) is 1. The van der Waals surface area contributed by atoms with Crippen LogP contribution in [0.1, 0.15) is 79.0 Å². The van der Waals surface area contributed by atoms with Crippen LogP contribution in [0.3, 0.4) is 0 Å². The van der Waals surface area contributed by atoms with Crippen molar-refractivity contribution in [3.8, 4) is 5.75 Å². The number of alkyl halides is 3. The zero-order valence-corrected chi connectivity index (χ0v) is 21.7. The van der Waals surface area contributed by atoms with Crippen LogP contribution in [0.4, 0.5) is 18.9 Å². The number of rotatable bonds is 4. The molecule has 2 fully saturated rings. The van der Waals surface area contributed by atoms with E-state index < -0.39 is 17.7 Å². The van der Waals surface area contributed by atoms with Crippen LogP contribution in [-0.2, 0) is 0 Å². The Morgan fingerprint density at radius 1 is 1.16 bits per heavy atom. The molecule has 1 amide bonds. The summed E-state index contributed by atoms with van der Waals surface area (Å²) in [4.78, 5) is 27.5. The predicted octanol–water partition coefficient (Wildman–Crippen LogP) is 5.29. The molecule has 0 bridgehead atoms. The van der Waals surface area contributed by atoms with Gasteiger partial charge in [-0.15, -0.1) is 25.6 Å². The van der Waals surface area contributed by atoms with Crippen molar-refractivity contribution in [2.45, 2.75) is 69.2 Å². The third kappa shape index (κ3) is 5.99. The number of pyridine rings is 1. The number of fused-ring (bicyclic) bond motifs is 1. The zero-order valence-electron chi connectivity index (χ0n) is 20.9. The molecule has 1 aliphatic carbocycles. The summed E-state index contributed by atoms with van der Waals surface area (Å²) in [5.74, 6) is 0.591. The number of nitrogens with zero attached hydrogens (tertiary/aromatic N) is 3. The molecule has 5 rings (SSSR count). The number of carbonyl (C=O) groups is 1. The van der Waals surface area contributed by atoms with Gasteiger partial charge in [-0.05, 0) is 75.1 Å². The number of nitrogen functional groups attached to an aromatic ring is 1. The number of amides is 1. The maximum atomic E-state index is 13.0. The lowest BCUT2D eigenvalue weighted by molar-refractivity contribution is -0.274. The van der Waals surface area contributed by atoms with Crippen LogP contribution < -0.4 is 10.5 Å². The summed E-state index contributed by atoms with van der Waals surface area (Å²) in [6.45, 7) is 2.86. The van der Waals surface area contributed by atoms with Gasteiger partial charge in [0.1, 0.15) is 17.1 Å². The highest BCUT2D eigenvalue weighted by Crippen LogP contribution is 2.38. The van der Waals surface area contributed by atoms with E-state index in [1.807, 2.05) is 13.0 Å². The molecule has 0 unspecified atom stereocenters. The first kappa shape index (κ1) is 28.0. The van der Waals surface area contributed by atoms with Crippen molar-refractivity contribution in [1.29, 1.82) is 0 Å². The lowest BCUT2D eigenvalue weighted by Crippen LogP contribution is -2.38. The van der Waals surface area contributed by atoms with E-state index in [1.54, 1.807) is 11.1 Å². The molecule has 3 aromatic rings. The fraction of sp³-hybridized carbons (Fsp3) is 0.500. The van der Waals surface area contributed by atoms with Crippen LogP contribution in [0, 0.1) is 0 Å². The number of hydrogen-bond donors (Lipinski definition) is 3. The van der Waals surface area contributed by atoms with Crippen molar-refractivity contribution in [2.24, 2.45) is 0 Å². The van der Waals surface area contributed by atoms with E-state index in [-0.39, 0.29) is 41.4 Å². The van der Waals surface area contributed by atoms with Crippen LogP contribution in [-0.4, -0.2) is 55.9 Å². The number of piperidine rings is 1. The fourth-order valence-electron chi connectivity index (χ4n) is 5.48. The molecule has 0 spiro atoms. The van der Waals surface area contributed by atoms with Gasteiger partial charge in [-0.25, -0.2) is 9.97 Å². The molecule has 38 heavy (non-hydrogen) atoms. The maximum absolute atomic E-state index is 13.0. The van der Waals surface area contributed by atoms with Gasteiger partial charge in [0.05, 0.1) is 11.2 Å². The van der Waals surface area contributed by atoms with Crippen LogP contribution in [0.25, 0.3) is 11.2 Å². The van der Waals surface area contributed by atoms with Crippen LogP contribution in [0.15, 0.2) is 30.5 Å². The molecule has 2 aliphatic rings. The number of aromatic nitrogens is 3. The molecule has 8 nitrogen and oxygen atoms in total. The van der Waals surface area contributed by atoms with Gasteiger partial charge in [0.2, 0.25) is 0 Å². The molecule has 2 aromatic heterocycles. The normalized spacial score (nSPS) is 22.8. The number of aromatic amines is 1. The molecule has 0 atom stereocenters. The summed E-state index contributed by atoms with van der Waals surface area (Å²) in [6.07, 6.45) is 1.60. The second-order valence-electron chi connectivity index (χ2n) is 10.4. The van der Waals surface area contributed by atoms with E-state index in [0.717, 1.165) is 60.4 Å². The van der Waals surface area contributed by atoms with Crippen LogP contribution in [0.5, 0.6) is 5.75 Å². The summed E-state index contributed by atoms with van der Waals surface area (Å²) in [7, 11) is 0. The monoisotopic (exact) mass is 553 g/mol. The molecule has 1 aromatic carbocycles. The van der Waals surface area contributed by atoms with E-state index in [2.05, 4.69) is 14.7 Å². The van der Waals surface area contributed by atoms with Gasteiger partial charge in [-0.2, -0.15) is 0 Å². The number of imidazole rings is 1. The largest absolute Gasteiger partial charge is 0.573 e. The molecule has 1 saturated heterocycles. The van der Waals surface area contributed by atoms with Crippen LogP contribution in [0.2, 0.25) is 0 Å². The van der Waals surface area contributed by atoms with Crippen molar-refractivity contribution >= 4 is 35.2 Å². The number of aliphatic hydroxyl groups is 1. The van der Waals surface area contributed by atoms with Crippen molar-refractivity contribution in [3.05, 3.63) is 47.4 Å². The van der Waals surface area contributed by atoms with Crippen molar-refractivity contribution in [2.75, 3.05) is 18.8 Å². The highest BCUT2D eigenvalue weighted by atomic mass is 35.5. The smallest absolute Gasteiger partial charge is 0.406 e. The predicted molar refractivity (Wildman–Crippen MR) is 138 cm³/mol. The minimum atomic E-state index is -4.83. The van der Waals surface area contributed by atoms with E-state index >= 15 is 0 Å². The molecule has 0 radical (unpaired) electrons. The summed E-state index contributed by atoms with van der Waals surface area (Å²) in [6, 6.07) is 5.37. The second-order valence-corrected chi connectivity index (χ2v) is 10.4. The fourth-order valence-corrected chi connectivity index (χ4v) is 5.48. The first-order valence-electron chi connectivity index (χ1n) is 12.5. The van der Waals surface area contributed by atoms with Crippen molar-refractivity contribution < 1.29 is 27.8 Å². The number of halogens is 4. The number of carbonyl (C=O) groups excluding carboxylic acids is 1. The van der Waals surface area contributed by atoms with E-state index in [0.29, 0.717) is 25.9 Å². The van der Waals surface area contributed by atoms with E-state index in [4.69, 9.17) is 10.7 Å². The maximum Gasteiger partial charge on any atom is 0.573 e. The SMILES string of the molecule is CC1(O)CCC(c2nc3c(C4CCN(C(=O)c5ccc(OC(F)(F)F)cc5N)CC4)ccnc3[nH]2)CC1.Cl. The number of benzene rings is 1. The van der Waals surface area contributed by atoms with Gasteiger partial charge in [0, 0.05) is 37.0 Å². The van der Waals surface area contributed by atoms with E-state index in [1.165, 1.54) is 6.07 Å². The van der Waals surface area contributed by atoms with E-state index in [9.17, 15) is 23.1 Å². The third-order valence-corrected chi connectivity index (χ3v) is 7.59. The van der Waals surface area contributed by atoms with Gasteiger partial charge in [-0.3, -0.25) is 4.79 Å². The Kier molecular flexibility index (Phi) is 7.81. The van der Waals surface area contributed by atoms with Crippen LogP contribution >= 0.6 is 12.4 Å². The molecular formula is C26H31ClF3N5O3. The average Bonchev–Trinajstić information content (AvgIpc) is 3.27.